The number of anilines is 1. The third kappa shape index (κ3) is 5.66. The summed E-state index contributed by atoms with van der Waals surface area (Å²) in [6, 6.07) is 6.97. The summed E-state index contributed by atoms with van der Waals surface area (Å²) in [5.41, 5.74) is -2.56. The molecule has 35 heavy (non-hydrogen) atoms. The summed E-state index contributed by atoms with van der Waals surface area (Å²) in [6.45, 7) is -0.620. The molecule has 0 saturated carbocycles. The fraction of sp³-hybridized carbons (Fsp3) is 0.136. The van der Waals surface area contributed by atoms with Crippen molar-refractivity contribution in [2.75, 3.05) is 11.8 Å². The second kappa shape index (κ2) is 9.72. The normalized spacial score (nSPS) is 11.9. The maximum Gasteiger partial charge on any atom is 0.416 e. The van der Waals surface area contributed by atoms with Crippen LogP contribution in [0.15, 0.2) is 53.4 Å². The summed E-state index contributed by atoms with van der Waals surface area (Å²) in [5, 5.41) is 18.4. The lowest BCUT2D eigenvalue weighted by Crippen LogP contribution is -2.16. The van der Waals surface area contributed by atoms with Crippen LogP contribution < -0.4 is 9.46 Å². The van der Waals surface area contributed by atoms with E-state index in [9.17, 15) is 41.0 Å². The molecule has 13 heteroatoms. The van der Waals surface area contributed by atoms with Crippen molar-refractivity contribution in [3.8, 4) is 16.9 Å². The summed E-state index contributed by atoms with van der Waals surface area (Å²) < 4.78 is 87.7. The fourth-order valence-corrected chi connectivity index (χ4v) is 4.87. The summed E-state index contributed by atoms with van der Waals surface area (Å²) in [5.74, 6) is -2.72. The van der Waals surface area contributed by atoms with Gasteiger partial charge in [-0.3, -0.25) is 4.72 Å². The average molecular weight is 534 g/mol. The van der Waals surface area contributed by atoms with Gasteiger partial charge in [-0.1, -0.05) is 17.7 Å². The van der Waals surface area contributed by atoms with Crippen LogP contribution in [0.4, 0.5) is 23.2 Å². The third-order valence-electron chi connectivity index (χ3n) is 4.82. The van der Waals surface area contributed by atoms with Gasteiger partial charge in [-0.25, -0.2) is 17.6 Å². The van der Waals surface area contributed by atoms with Crippen molar-refractivity contribution in [2.24, 2.45) is 0 Å². The number of alkyl halides is 3. The predicted octanol–water partition coefficient (Wildman–Crippen LogP) is 5.16. The number of aliphatic hydroxyl groups excluding tert-OH is 1. The largest absolute Gasteiger partial charge is 0.494 e. The van der Waals surface area contributed by atoms with Crippen molar-refractivity contribution in [1.82, 2.24) is 0 Å². The Bertz CT molecular complexity index is 1410. The molecule has 0 heterocycles. The number of aromatic carboxylic acids is 1. The van der Waals surface area contributed by atoms with Gasteiger partial charge in [-0.2, -0.15) is 13.2 Å². The maximum atomic E-state index is 13.8. The number of halogens is 5. The molecule has 0 aliphatic carbocycles. The summed E-state index contributed by atoms with van der Waals surface area (Å²) in [4.78, 5) is 10.6. The first-order valence-electron chi connectivity index (χ1n) is 9.52. The van der Waals surface area contributed by atoms with Gasteiger partial charge >= 0.3 is 12.1 Å². The van der Waals surface area contributed by atoms with Crippen molar-refractivity contribution in [3.05, 3.63) is 76.1 Å². The molecule has 3 aromatic carbocycles. The highest BCUT2D eigenvalue weighted by molar-refractivity contribution is 7.92. The van der Waals surface area contributed by atoms with E-state index in [-0.39, 0.29) is 21.7 Å². The van der Waals surface area contributed by atoms with E-state index in [0.717, 1.165) is 37.4 Å². The van der Waals surface area contributed by atoms with Crippen molar-refractivity contribution in [3.63, 3.8) is 0 Å². The van der Waals surface area contributed by atoms with E-state index in [1.54, 1.807) is 0 Å². The Morgan fingerprint density at radius 1 is 1.11 bits per heavy atom. The van der Waals surface area contributed by atoms with Crippen LogP contribution in [0.3, 0.4) is 0 Å². The molecule has 0 aliphatic rings. The van der Waals surface area contributed by atoms with Gasteiger partial charge in [0.15, 0.2) is 5.75 Å². The average Bonchev–Trinajstić information content (AvgIpc) is 2.77. The van der Waals surface area contributed by atoms with Crippen LogP contribution in [0.25, 0.3) is 11.1 Å². The number of aliphatic hydroxyl groups is 1. The number of ether oxygens (including phenoxy) is 1. The fourth-order valence-electron chi connectivity index (χ4n) is 3.26. The highest BCUT2D eigenvalue weighted by Crippen LogP contribution is 2.38. The Balaban J connectivity index is 2.21. The van der Waals surface area contributed by atoms with Crippen molar-refractivity contribution in [2.45, 2.75) is 17.7 Å². The molecule has 0 unspecified atom stereocenters. The van der Waals surface area contributed by atoms with Crippen LogP contribution in [0.1, 0.15) is 21.5 Å². The zero-order chi connectivity index (χ0) is 26.1. The first-order valence-corrected chi connectivity index (χ1v) is 11.4. The summed E-state index contributed by atoms with van der Waals surface area (Å²) in [6.07, 6.45) is -4.91. The number of sulfonamides is 1. The van der Waals surface area contributed by atoms with Crippen LogP contribution in [0, 0.1) is 5.82 Å². The lowest BCUT2D eigenvalue weighted by Gasteiger charge is -2.17. The van der Waals surface area contributed by atoms with Gasteiger partial charge in [0.05, 0.1) is 35.6 Å². The molecule has 0 spiro atoms. The van der Waals surface area contributed by atoms with Crippen LogP contribution in [-0.4, -0.2) is 31.7 Å². The monoisotopic (exact) mass is 533 g/mol. The number of rotatable bonds is 7. The van der Waals surface area contributed by atoms with Crippen LogP contribution in [0.5, 0.6) is 5.75 Å². The van der Waals surface area contributed by atoms with Gasteiger partial charge in [0.25, 0.3) is 10.0 Å². The van der Waals surface area contributed by atoms with Crippen molar-refractivity contribution < 1.29 is 45.7 Å². The highest BCUT2D eigenvalue weighted by Gasteiger charge is 2.32. The predicted molar refractivity (Wildman–Crippen MR) is 119 cm³/mol. The second-order valence-electron chi connectivity index (χ2n) is 7.16. The van der Waals surface area contributed by atoms with Gasteiger partial charge in [0, 0.05) is 0 Å². The number of carboxylic acids is 1. The number of carbonyl (C=O) groups is 1. The number of carboxylic acid groups (broad SMARTS) is 1. The van der Waals surface area contributed by atoms with E-state index in [2.05, 4.69) is 0 Å². The Morgan fingerprint density at radius 2 is 1.80 bits per heavy atom. The molecular formula is C22H16ClF4NO6S. The molecular weight excluding hydrogens is 518 g/mol. The number of methoxy groups -OCH3 is 1. The van der Waals surface area contributed by atoms with E-state index in [1.165, 1.54) is 6.07 Å². The molecule has 0 atom stereocenters. The van der Waals surface area contributed by atoms with Crippen molar-refractivity contribution >= 4 is 33.3 Å². The minimum atomic E-state index is -4.91. The van der Waals surface area contributed by atoms with E-state index < -0.39 is 62.1 Å². The summed E-state index contributed by atoms with van der Waals surface area (Å²) >= 11 is 5.94. The standard InChI is InChI=1S/C22H16ClF4NO6S/c1-34-20-18(23)6-13(21(30)31)7-19(20)35(32,33)28-16-5-12(4-14(8-16)22(25,26)27)17-9-15(24)3-2-11(17)10-29/h2-9,28-29H,10H2,1H3,(H,30,31). The Hall–Kier alpha value is -3.35. The van der Waals surface area contributed by atoms with Gasteiger partial charge in [0.1, 0.15) is 10.7 Å². The SMILES string of the molecule is COc1c(Cl)cc(C(=O)O)cc1S(=O)(=O)Nc1cc(-c2cc(F)ccc2CO)cc(C(F)(F)F)c1. The number of hydrogen-bond acceptors (Lipinski definition) is 5. The molecule has 0 saturated heterocycles. The molecule has 7 nitrogen and oxygen atoms in total. The van der Waals surface area contributed by atoms with E-state index >= 15 is 0 Å². The molecule has 0 aliphatic heterocycles. The van der Waals surface area contributed by atoms with Gasteiger partial charge < -0.3 is 14.9 Å². The minimum Gasteiger partial charge on any atom is -0.494 e. The lowest BCUT2D eigenvalue weighted by atomic mass is 9.97. The quantitative estimate of drug-likeness (QED) is 0.361. The zero-order valence-corrected chi connectivity index (χ0v) is 19.2. The number of nitrogens with one attached hydrogen (secondary N) is 1. The van der Waals surface area contributed by atoms with Crippen LogP contribution in [0.2, 0.25) is 5.02 Å². The van der Waals surface area contributed by atoms with Gasteiger partial charge in [-0.15, -0.1) is 0 Å². The van der Waals surface area contributed by atoms with Gasteiger partial charge in [-0.05, 0) is 59.2 Å². The number of hydrogen-bond donors (Lipinski definition) is 3. The lowest BCUT2D eigenvalue weighted by molar-refractivity contribution is -0.137. The molecule has 0 amide bonds. The second-order valence-corrected chi connectivity index (χ2v) is 9.21. The number of benzene rings is 3. The Labute approximate surface area is 201 Å². The first-order chi connectivity index (χ1) is 16.3. The maximum absolute atomic E-state index is 13.8. The Morgan fingerprint density at radius 3 is 2.37 bits per heavy atom. The zero-order valence-electron chi connectivity index (χ0n) is 17.7. The first kappa shape index (κ1) is 26.3. The van der Waals surface area contributed by atoms with E-state index in [1.807, 2.05) is 4.72 Å². The van der Waals surface area contributed by atoms with E-state index in [0.29, 0.717) is 12.1 Å². The molecule has 0 radical (unpaired) electrons. The van der Waals surface area contributed by atoms with Gasteiger partial charge in [0.2, 0.25) is 0 Å². The molecule has 3 N–H and O–H groups in total. The minimum absolute atomic E-state index is 0.0902. The van der Waals surface area contributed by atoms with Crippen LogP contribution in [-0.2, 0) is 22.8 Å². The third-order valence-corrected chi connectivity index (χ3v) is 6.48. The molecule has 0 aromatic heterocycles. The topological polar surface area (TPSA) is 113 Å². The molecule has 3 rings (SSSR count). The molecule has 0 fully saturated rings. The van der Waals surface area contributed by atoms with Crippen molar-refractivity contribution in [1.29, 1.82) is 0 Å². The highest BCUT2D eigenvalue weighted by atomic mass is 35.5. The summed E-state index contributed by atoms with van der Waals surface area (Å²) in [7, 11) is -3.66. The molecule has 186 valence electrons. The molecule has 0 bridgehead atoms. The van der Waals surface area contributed by atoms with E-state index in [4.69, 9.17) is 16.3 Å². The Kier molecular flexibility index (Phi) is 7.29. The smallest absolute Gasteiger partial charge is 0.416 e. The van der Waals surface area contributed by atoms with Crippen LogP contribution >= 0.6 is 11.6 Å². The molecule has 3 aromatic rings.